The average molecular weight is 261 g/mol. The summed E-state index contributed by atoms with van der Waals surface area (Å²) in [7, 11) is 0. The summed E-state index contributed by atoms with van der Waals surface area (Å²) in [6.45, 7) is 5.87. The molecule has 6 heteroatoms. The van der Waals surface area contributed by atoms with Gasteiger partial charge in [-0.25, -0.2) is 4.99 Å². The molecule has 0 aliphatic heterocycles. The highest BCUT2D eigenvalue weighted by Gasteiger charge is 2.06. The lowest BCUT2D eigenvalue weighted by Crippen LogP contribution is -2.19. The average Bonchev–Trinajstić information content (AvgIpc) is 2.46. The van der Waals surface area contributed by atoms with E-state index in [0.29, 0.717) is 30.8 Å². The molecule has 1 aromatic rings. The van der Waals surface area contributed by atoms with E-state index in [-0.39, 0.29) is 6.54 Å². The lowest BCUT2D eigenvalue weighted by Gasteiger charge is -2.09. The van der Waals surface area contributed by atoms with E-state index in [9.17, 15) is 9.59 Å². The van der Waals surface area contributed by atoms with Gasteiger partial charge in [-0.3, -0.25) is 14.5 Å². The van der Waals surface area contributed by atoms with E-state index in [4.69, 9.17) is 4.84 Å². The van der Waals surface area contributed by atoms with Crippen molar-refractivity contribution in [3.05, 3.63) is 35.4 Å². The molecule has 0 atom stereocenters. The summed E-state index contributed by atoms with van der Waals surface area (Å²) < 4.78 is 0. The molecule has 0 bridgehead atoms. The lowest BCUT2D eigenvalue weighted by molar-refractivity contribution is -0.129. The number of hydrogen-bond donors (Lipinski definition) is 0. The van der Waals surface area contributed by atoms with E-state index < -0.39 is 0 Å². The van der Waals surface area contributed by atoms with Crippen molar-refractivity contribution in [1.29, 1.82) is 0 Å². The maximum absolute atomic E-state index is 10.6. The molecule has 2 amide bonds. The number of imide groups is 1. The van der Waals surface area contributed by atoms with Gasteiger partial charge in [0.2, 0.25) is 12.8 Å². The van der Waals surface area contributed by atoms with E-state index in [1.807, 2.05) is 6.92 Å². The van der Waals surface area contributed by atoms with Crippen LogP contribution < -0.4 is 0 Å². The van der Waals surface area contributed by atoms with Crippen LogP contribution in [-0.4, -0.2) is 36.9 Å². The third kappa shape index (κ3) is 4.34. The lowest BCUT2D eigenvalue weighted by atomic mass is 10.1. The minimum atomic E-state index is 0.194. The summed E-state index contributed by atoms with van der Waals surface area (Å²) >= 11 is 0. The van der Waals surface area contributed by atoms with Gasteiger partial charge < -0.3 is 4.84 Å². The number of carbonyl (C=O) groups excluding carboxylic acids is 2. The molecule has 1 aromatic carbocycles. The number of hydrogen-bond acceptors (Lipinski definition) is 4. The first-order chi connectivity index (χ1) is 9.24. The first kappa shape index (κ1) is 14.6. The Hall–Kier alpha value is -2.50. The van der Waals surface area contributed by atoms with Crippen LogP contribution >= 0.6 is 0 Å². The van der Waals surface area contributed by atoms with Crippen LogP contribution in [0.15, 0.2) is 34.4 Å². The highest BCUT2D eigenvalue weighted by Crippen LogP contribution is 2.09. The fourth-order valence-electron chi connectivity index (χ4n) is 1.42. The Morgan fingerprint density at radius 2 is 2.16 bits per heavy atom. The molecular weight excluding hydrogens is 246 g/mol. The van der Waals surface area contributed by atoms with Gasteiger partial charge in [-0.05, 0) is 25.3 Å². The molecule has 0 aliphatic carbocycles. The minimum absolute atomic E-state index is 0.194. The zero-order valence-corrected chi connectivity index (χ0v) is 10.7. The molecule has 0 unspecified atom stereocenters. The predicted octanol–water partition coefficient (Wildman–Crippen LogP) is 1.20. The van der Waals surface area contributed by atoms with Crippen LogP contribution in [-0.2, 0) is 21.0 Å². The van der Waals surface area contributed by atoms with Crippen LogP contribution in [0.25, 0.3) is 0 Å². The maximum Gasteiger partial charge on any atom is 0.216 e. The van der Waals surface area contributed by atoms with Gasteiger partial charge in [-0.1, -0.05) is 23.4 Å². The number of rotatable bonds is 7. The van der Waals surface area contributed by atoms with Gasteiger partial charge in [-0.15, -0.1) is 0 Å². The monoisotopic (exact) mass is 261 g/mol. The first-order valence-electron chi connectivity index (χ1n) is 5.67. The minimum Gasteiger partial charge on any atom is -0.394 e. The van der Waals surface area contributed by atoms with Crippen molar-refractivity contribution in [3.8, 4) is 0 Å². The fraction of sp³-hybridized carbons (Fsp3) is 0.231. The molecule has 0 aliphatic rings. The quantitative estimate of drug-likeness (QED) is 0.320. The van der Waals surface area contributed by atoms with Crippen LogP contribution in [0.3, 0.4) is 0 Å². The van der Waals surface area contributed by atoms with Crippen LogP contribution in [0.1, 0.15) is 18.1 Å². The second-order valence-electron chi connectivity index (χ2n) is 3.57. The number of aliphatic imine (C=N–C) groups is 1. The number of carbonyl (C=O) groups is 2. The Balaban J connectivity index is 2.95. The van der Waals surface area contributed by atoms with E-state index in [0.717, 1.165) is 10.5 Å². The van der Waals surface area contributed by atoms with Crippen LogP contribution in [0.5, 0.6) is 0 Å². The van der Waals surface area contributed by atoms with Crippen molar-refractivity contribution in [3.63, 3.8) is 0 Å². The molecule has 0 heterocycles. The van der Waals surface area contributed by atoms with Gasteiger partial charge in [0.25, 0.3) is 0 Å². The van der Waals surface area contributed by atoms with Gasteiger partial charge in [0.1, 0.15) is 6.61 Å². The van der Waals surface area contributed by atoms with E-state index in [1.165, 1.54) is 0 Å². The molecule has 6 nitrogen and oxygen atoms in total. The van der Waals surface area contributed by atoms with Gasteiger partial charge in [0, 0.05) is 5.56 Å². The Labute approximate surface area is 111 Å². The summed E-state index contributed by atoms with van der Waals surface area (Å²) in [5.41, 5.74) is 1.49. The summed E-state index contributed by atoms with van der Waals surface area (Å²) in [6.07, 6.45) is 0.946. The maximum atomic E-state index is 10.6. The van der Waals surface area contributed by atoms with Gasteiger partial charge >= 0.3 is 0 Å². The topological polar surface area (TPSA) is 71.3 Å². The second-order valence-corrected chi connectivity index (χ2v) is 3.57. The zero-order valence-electron chi connectivity index (χ0n) is 10.7. The summed E-state index contributed by atoms with van der Waals surface area (Å²) in [6, 6.07) is 7.14. The number of amides is 2. The number of amidine groups is 1. The largest absolute Gasteiger partial charge is 0.394 e. The number of nitrogens with zero attached hydrogens (tertiary/aromatic N) is 3. The Morgan fingerprint density at radius 1 is 1.42 bits per heavy atom. The molecule has 0 aromatic heterocycles. The van der Waals surface area contributed by atoms with E-state index in [2.05, 4.69) is 16.9 Å². The normalized spacial score (nSPS) is 10.7. The SMILES string of the molecule is C=N/C(=N\OCC)c1cccc(CN(C=O)C=O)c1. The van der Waals surface area contributed by atoms with Crippen LogP contribution in [0.4, 0.5) is 0 Å². The van der Waals surface area contributed by atoms with Crippen LogP contribution in [0, 0.1) is 0 Å². The first-order valence-corrected chi connectivity index (χ1v) is 5.67. The summed E-state index contributed by atoms with van der Waals surface area (Å²) in [5, 5.41) is 3.83. The van der Waals surface area contributed by atoms with Crippen LogP contribution in [0.2, 0.25) is 0 Å². The number of benzene rings is 1. The number of oxime groups is 1. The molecule has 0 fully saturated rings. The molecule has 0 N–H and O–H groups in total. The molecule has 0 saturated carbocycles. The molecule has 0 saturated heterocycles. The summed E-state index contributed by atoms with van der Waals surface area (Å²) in [4.78, 5) is 30.9. The molecule has 0 spiro atoms. The van der Waals surface area contributed by atoms with Crippen molar-refractivity contribution in [2.24, 2.45) is 10.1 Å². The molecule has 1 rings (SSSR count). The summed E-state index contributed by atoms with van der Waals surface area (Å²) in [5.74, 6) is 0.354. The Kier molecular flexibility index (Phi) is 5.94. The Bertz CT molecular complexity index is 478. The van der Waals surface area contributed by atoms with Crippen molar-refractivity contribution in [1.82, 2.24) is 4.90 Å². The third-order valence-electron chi connectivity index (χ3n) is 2.25. The highest BCUT2D eigenvalue weighted by atomic mass is 16.6. The fourth-order valence-corrected chi connectivity index (χ4v) is 1.42. The van der Waals surface area contributed by atoms with Gasteiger partial charge in [0.05, 0.1) is 6.54 Å². The van der Waals surface area contributed by atoms with Crippen molar-refractivity contribution < 1.29 is 14.4 Å². The van der Waals surface area contributed by atoms with Crippen molar-refractivity contribution in [2.75, 3.05) is 6.61 Å². The van der Waals surface area contributed by atoms with Gasteiger partial charge in [-0.2, -0.15) is 0 Å². The van der Waals surface area contributed by atoms with E-state index >= 15 is 0 Å². The molecule has 19 heavy (non-hydrogen) atoms. The second kappa shape index (κ2) is 7.75. The third-order valence-corrected chi connectivity index (χ3v) is 2.25. The highest BCUT2D eigenvalue weighted by molar-refractivity contribution is 6.01. The molecule has 0 radical (unpaired) electrons. The van der Waals surface area contributed by atoms with Crippen molar-refractivity contribution in [2.45, 2.75) is 13.5 Å². The molecular formula is C13H15N3O3. The van der Waals surface area contributed by atoms with E-state index in [1.54, 1.807) is 24.3 Å². The zero-order chi connectivity index (χ0) is 14.1. The Morgan fingerprint density at radius 3 is 2.74 bits per heavy atom. The standard InChI is InChI=1S/C13H15N3O3/c1-3-19-15-13(14-2)12-6-4-5-11(7-12)8-16(9-17)10-18/h4-7,9-10H,2-3,8H2,1H3/b15-13-. The smallest absolute Gasteiger partial charge is 0.216 e. The van der Waals surface area contributed by atoms with Crippen molar-refractivity contribution >= 4 is 25.4 Å². The predicted molar refractivity (Wildman–Crippen MR) is 71.8 cm³/mol. The van der Waals surface area contributed by atoms with Gasteiger partial charge in [0.15, 0.2) is 5.84 Å². The molecule has 100 valence electrons.